The Morgan fingerprint density at radius 1 is 1.00 bits per heavy atom. The Morgan fingerprint density at radius 2 is 1.00 bits per heavy atom. The summed E-state index contributed by atoms with van der Waals surface area (Å²) in [7, 11) is 0. The molecule has 0 unspecified atom stereocenters. The maximum Gasteiger partial charge on any atom is 1.00 e. The van der Waals surface area contributed by atoms with Gasteiger partial charge in [-0.15, -0.1) is 0 Å². The van der Waals surface area contributed by atoms with Gasteiger partial charge in [-0.2, -0.15) is 0 Å². The number of carbonyl (C=O) groups excluding carboxylic acids is 1. The van der Waals surface area contributed by atoms with Crippen molar-refractivity contribution >= 4 is 12.3 Å². The van der Waals surface area contributed by atoms with E-state index in [1.807, 2.05) is 0 Å². The van der Waals surface area contributed by atoms with Gasteiger partial charge in [0.25, 0.3) is 0 Å². The van der Waals surface area contributed by atoms with E-state index in [1.165, 1.54) is 0 Å². The van der Waals surface area contributed by atoms with Crippen molar-refractivity contribution in [2.75, 3.05) is 0 Å². The molecular weight excluding hydrogens is 331 g/mol. The molecule has 0 aromatic carbocycles. The third kappa shape index (κ3) is 131. The molecule has 11 heavy (non-hydrogen) atoms. The average molecular weight is 332 g/mol. The van der Waals surface area contributed by atoms with Gasteiger partial charge in [0, 0.05) is 0 Å². The number of carbonyl (C=O) groups is 2. The molecule has 1 N–H and O–H groups in total. The van der Waals surface area contributed by atoms with Gasteiger partial charge in [-0.05, 0) is 6.16 Å². The van der Waals surface area contributed by atoms with E-state index < -0.39 is 12.3 Å². The van der Waals surface area contributed by atoms with Crippen LogP contribution in [0.5, 0.6) is 0 Å². The van der Waals surface area contributed by atoms with Crippen LogP contribution < -0.4 is 187 Å². The van der Waals surface area contributed by atoms with Gasteiger partial charge in [0.05, 0.1) is 0 Å². The van der Waals surface area contributed by atoms with Gasteiger partial charge in [-0.3, -0.25) is 0 Å². The van der Waals surface area contributed by atoms with E-state index in [9.17, 15) is 0 Å². The predicted molar refractivity (Wildman–Crippen MR) is 13.4 cm³/mol. The monoisotopic (exact) mass is 332 g/mol. The summed E-state index contributed by atoms with van der Waals surface area (Å²) in [4.78, 5) is 16.8. The summed E-state index contributed by atoms with van der Waals surface area (Å²) in [5.74, 6) is 0. The van der Waals surface area contributed by atoms with Crippen molar-refractivity contribution in [3.05, 3.63) is 0 Å². The summed E-state index contributed by atoms with van der Waals surface area (Å²) in [6, 6.07) is 0. The molecule has 0 rings (SSSR count). The Labute approximate surface area is 207 Å². The van der Waals surface area contributed by atoms with Crippen LogP contribution in [0, 0.1) is 0 Å². The van der Waals surface area contributed by atoms with Crippen molar-refractivity contribution < 1.29 is 202 Å². The van der Waals surface area contributed by atoms with Crippen LogP contribution in [-0.2, 0) is 0 Å². The van der Waals surface area contributed by atoms with Crippen molar-refractivity contribution in [3.63, 3.8) is 0 Å². The van der Waals surface area contributed by atoms with Crippen LogP contribution in [-0.4, -0.2) is 17.4 Å². The van der Waals surface area contributed by atoms with Crippen LogP contribution in [0.2, 0.25) is 0 Å². The molecule has 0 bridgehead atoms. The number of rotatable bonds is 0. The number of hydrogen-bond acceptors (Lipinski definition) is 5. The summed E-state index contributed by atoms with van der Waals surface area (Å²) in [6.07, 6.45) is -4.42. The molecule has 0 spiro atoms. The van der Waals surface area contributed by atoms with Crippen molar-refractivity contribution in [1.29, 1.82) is 0 Å². The van der Waals surface area contributed by atoms with Crippen LogP contribution in [0.4, 0.5) is 9.59 Å². The van der Waals surface area contributed by atoms with Crippen LogP contribution in [0.1, 0.15) is 0 Å². The zero-order valence-corrected chi connectivity index (χ0v) is 19.0. The van der Waals surface area contributed by atoms with E-state index in [2.05, 4.69) is 0 Å². The molecule has 0 aromatic rings. The first kappa shape index (κ1) is 29.4. The molecule has 0 aromatic heterocycles. The summed E-state index contributed by atoms with van der Waals surface area (Å²) < 4.78 is 0. The first-order chi connectivity index (χ1) is 3.46. The van der Waals surface area contributed by atoms with Crippen molar-refractivity contribution in [3.8, 4) is 0 Å². The zero-order valence-electron chi connectivity index (χ0n) is 6.49. The van der Waals surface area contributed by atoms with E-state index in [1.54, 1.807) is 0 Å². The van der Waals surface area contributed by atoms with E-state index in [-0.39, 0.29) is 172 Å². The third-order valence-electron chi connectivity index (χ3n) is 0. The topological polar surface area (TPSA) is 124 Å². The first-order valence-electron chi connectivity index (χ1n) is 1.24. The Balaban J connectivity index is -0.0000000171. The van der Waals surface area contributed by atoms with Crippen LogP contribution in [0.15, 0.2) is 0 Å². The minimum atomic E-state index is -2.33. The Bertz CT molecular complexity index is 76.6. The molecule has 0 aliphatic heterocycles. The number of hydrogen-bond donors (Lipinski definition) is 1. The summed E-state index contributed by atoms with van der Waals surface area (Å²) in [6.45, 7) is 0. The minimum absolute atomic E-state index is 0. The predicted octanol–water partition coefficient (Wildman–Crippen LogP) is -12.5. The Morgan fingerprint density at radius 3 is 1.00 bits per heavy atom. The van der Waals surface area contributed by atoms with E-state index in [0.29, 0.717) is 0 Å². The molecule has 48 valence electrons. The van der Waals surface area contributed by atoms with E-state index in [4.69, 9.17) is 30.0 Å². The van der Waals surface area contributed by atoms with Crippen LogP contribution in [0.3, 0.4) is 0 Å². The van der Waals surface area contributed by atoms with Crippen molar-refractivity contribution in [2.24, 2.45) is 0 Å². The zero-order chi connectivity index (χ0) is 7.15. The van der Waals surface area contributed by atoms with Gasteiger partial charge in [0.2, 0.25) is 6.16 Å². The van der Waals surface area contributed by atoms with Crippen molar-refractivity contribution in [2.45, 2.75) is 0 Å². The van der Waals surface area contributed by atoms with Gasteiger partial charge in [0.1, 0.15) is 0 Å². The molecule has 6 nitrogen and oxygen atoms in total. The van der Waals surface area contributed by atoms with Crippen molar-refractivity contribution in [1.82, 2.24) is 0 Å². The quantitative estimate of drug-likeness (QED) is 0.439. The molecule has 0 aliphatic carbocycles. The fourth-order valence-corrected chi connectivity index (χ4v) is 0. The van der Waals surface area contributed by atoms with Gasteiger partial charge < -0.3 is 30.0 Å². The minimum Gasteiger partial charge on any atom is -0.652 e. The molecule has 0 atom stereocenters. The fraction of sp³-hybridized carbons (Fsp3) is 0. The molecule has 0 saturated heterocycles. The van der Waals surface area contributed by atoms with Gasteiger partial charge in [-0.1, -0.05) is 0 Å². The number of carboxylic acid groups (broad SMARTS) is 4. The van der Waals surface area contributed by atoms with Gasteiger partial charge >= 0.3 is 172 Å². The van der Waals surface area contributed by atoms with E-state index >= 15 is 0 Å². The normalized spacial score (nSPS) is 4.36. The first-order valence-corrected chi connectivity index (χ1v) is 1.24. The second-order valence-electron chi connectivity index (χ2n) is 0.516. The summed E-state index contributed by atoms with van der Waals surface area (Å²) in [5, 5.41) is 32.0. The maximum atomic E-state index is 8.44. The molecule has 0 amide bonds. The Hall–Kier alpha value is 3.86. The standard InChI is InChI=1S/2CH2O3.Cs.2K/c2*2-1(3)4;;;/h2*(H2,2,3,4);;;/q;;3*+1/p-3. The fourth-order valence-electron chi connectivity index (χ4n) is 0. The molecule has 9 heteroatoms. The Kier molecular flexibility index (Phi) is 62.9. The summed E-state index contributed by atoms with van der Waals surface area (Å²) in [5.41, 5.74) is 0. The molecule has 0 heterocycles. The maximum absolute atomic E-state index is 8.44. The molecular formula is C2HCsK2O6. The van der Waals surface area contributed by atoms with Gasteiger partial charge in [0.15, 0.2) is 0 Å². The molecule has 0 aliphatic rings. The molecule has 0 radical (unpaired) electrons. The average Bonchev–Trinajstić information content (AvgIpc) is 1.25. The summed E-state index contributed by atoms with van der Waals surface area (Å²) >= 11 is 0. The molecule has 0 fully saturated rings. The van der Waals surface area contributed by atoms with E-state index in [0.717, 1.165) is 0 Å². The smallest absolute Gasteiger partial charge is 0.652 e. The third-order valence-corrected chi connectivity index (χ3v) is 0. The second-order valence-corrected chi connectivity index (χ2v) is 0.516. The van der Waals surface area contributed by atoms with Crippen LogP contribution in [0.25, 0.3) is 0 Å². The second kappa shape index (κ2) is 23.6. The molecule has 0 saturated carbocycles. The largest absolute Gasteiger partial charge is 1.00 e. The SMILES string of the molecule is O=C([O-])O.O=C([O-])[O-].[Cs+].[K+].[K+]. The van der Waals surface area contributed by atoms with Crippen LogP contribution >= 0.6 is 0 Å². The van der Waals surface area contributed by atoms with Gasteiger partial charge in [-0.25, -0.2) is 0 Å².